The summed E-state index contributed by atoms with van der Waals surface area (Å²) in [6.07, 6.45) is 0. The van der Waals surface area contributed by atoms with Crippen molar-refractivity contribution in [2.24, 2.45) is 0 Å². The number of thiophene rings is 1. The third-order valence-electron chi connectivity index (χ3n) is 0.751. The fourth-order valence-corrected chi connectivity index (χ4v) is 1.06. The van der Waals surface area contributed by atoms with Crippen LogP contribution in [0, 0.1) is 6.92 Å². The second-order valence-corrected chi connectivity index (χ2v) is 2.61. The first kappa shape index (κ1) is 8.50. The van der Waals surface area contributed by atoms with E-state index in [0.717, 1.165) is 5.69 Å². The van der Waals surface area contributed by atoms with E-state index in [0.29, 0.717) is 0 Å². The van der Waals surface area contributed by atoms with Crippen molar-refractivity contribution in [3.63, 3.8) is 0 Å². The van der Waals surface area contributed by atoms with Crippen LogP contribution in [0.25, 0.3) is 0 Å². The van der Waals surface area contributed by atoms with Crippen molar-refractivity contribution in [2.75, 3.05) is 5.73 Å². The molecule has 0 radical (unpaired) electrons. The van der Waals surface area contributed by atoms with E-state index in [2.05, 4.69) is 0 Å². The molecule has 1 nitrogen and oxygen atoms in total. The fourth-order valence-electron chi connectivity index (χ4n) is 0.464. The lowest BCUT2D eigenvalue weighted by Crippen LogP contribution is -1.75. The minimum Gasteiger partial charge on any atom is -0.398 e. The molecule has 0 aliphatic rings. The highest BCUT2D eigenvalue weighted by Crippen LogP contribution is 2.13. The number of rotatable bonds is 0. The monoisotopic (exact) mass is 143 g/mol. The van der Waals surface area contributed by atoms with Crippen LogP contribution in [-0.2, 0) is 0 Å². The van der Waals surface area contributed by atoms with Gasteiger partial charge in [-0.15, -0.1) is 11.3 Å². The zero-order valence-corrected chi connectivity index (χ0v) is 6.96. The van der Waals surface area contributed by atoms with E-state index in [-0.39, 0.29) is 0 Å². The van der Waals surface area contributed by atoms with Crippen LogP contribution in [0.3, 0.4) is 0 Å². The van der Waals surface area contributed by atoms with Crippen molar-refractivity contribution in [3.8, 4) is 0 Å². The molecule has 0 fully saturated rings. The van der Waals surface area contributed by atoms with Crippen molar-refractivity contribution in [2.45, 2.75) is 20.8 Å². The van der Waals surface area contributed by atoms with Gasteiger partial charge in [-0.2, -0.15) is 0 Å². The molecule has 0 spiro atoms. The molecule has 1 aromatic heterocycles. The first-order valence-electron chi connectivity index (χ1n) is 3.09. The summed E-state index contributed by atoms with van der Waals surface area (Å²) in [7, 11) is 0. The Bertz CT molecular complexity index is 141. The summed E-state index contributed by atoms with van der Waals surface area (Å²) in [6.45, 7) is 6.04. The maximum Gasteiger partial charge on any atom is 0.0425 e. The maximum atomic E-state index is 5.39. The number of nitrogen functional groups attached to an aromatic ring is 1. The van der Waals surface area contributed by atoms with Crippen molar-refractivity contribution < 1.29 is 0 Å². The maximum absolute atomic E-state index is 5.39. The van der Waals surface area contributed by atoms with E-state index in [4.69, 9.17) is 5.73 Å². The van der Waals surface area contributed by atoms with Gasteiger partial charge in [0, 0.05) is 15.9 Å². The van der Waals surface area contributed by atoms with Crippen LogP contribution >= 0.6 is 11.3 Å². The Kier molecular flexibility index (Phi) is 4.14. The van der Waals surface area contributed by atoms with Gasteiger partial charge in [0.2, 0.25) is 0 Å². The average molecular weight is 143 g/mol. The minimum absolute atomic E-state index is 0.877. The number of hydrogen-bond acceptors (Lipinski definition) is 2. The zero-order valence-electron chi connectivity index (χ0n) is 6.14. The Morgan fingerprint density at radius 1 is 1.44 bits per heavy atom. The van der Waals surface area contributed by atoms with E-state index >= 15 is 0 Å². The Hall–Kier alpha value is -0.500. The van der Waals surface area contributed by atoms with Crippen LogP contribution < -0.4 is 5.73 Å². The lowest BCUT2D eigenvalue weighted by atomic mass is 10.5. The summed E-state index contributed by atoms with van der Waals surface area (Å²) in [5, 5.41) is 1.94. The Morgan fingerprint density at radius 3 is 2.11 bits per heavy atom. The minimum atomic E-state index is 0.877. The van der Waals surface area contributed by atoms with E-state index < -0.39 is 0 Å². The normalized spacial score (nSPS) is 7.89. The van der Waals surface area contributed by atoms with Gasteiger partial charge in [0.25, 0.3) is 0 Å². The number of hydrogen-bond donors (Lipinski definition) is 1. The molecule has 0 unspecified atom stereocenters. The number of nitrogens with two attached hydrogens (primary N) is 1. The van der Waals surface area contributed by atoms with Gasteiger partial charge in [0.05, 0.1) is 0 Å². The standard InChI is InChI=1S/C5H7NS.C2H6/c1-4-2-5(6)3-7-4;1-2/h2-3H,6H2,1H3;1-2H3. The Morgan fingerprint density at radius 2 is 2.00 bits per heavy atom. The van der Waals surface area contributed by atoms with Crippen LogP contribution in [0.15, 0.2) is 11.4 Å². The molecule has 9 heavy (non-hydrogen) atoms. The predicted molar refractivity (Wildman–Crippen MR) is 44.8 cm³/mol. The number of aryl methyl sites for hydroxylation is 1. The molecule has 2 N–H and O–H groups in total. The van der Waals surface area contributed by atoms with Gasteiger partial charge in [0.15, 0.2) is 0 Å². The molecule has 1 heterocycles. The summed E-state index contributed by atoms with van der Waals surface area (Å²) in [4.78, 5) is 1.28. The first-order valence-corrected chi connectivity index (χ1v) is 3.97. The third kappa shape index (κ3) is 3.14. The molecule has 0 aliphatic carbocycles. The molecule has 0 aromatic carbocycles. The molecule has 0 saturated carbocycles. The average Bonchev–Trinajstić information content (AvgIpc) is 2.20. The Balaban J connectivity index is 0.000000291. The smallest absolute Gasteiger partial charge is 0.0425 e. The molecule has 2 heteroatoms. The lowest BCUT2D eigenvalue weighted by Gasteiger charge is -1.72. The van der Waals surface area contributed by atoms with Gasteiger partial charge in [-0.1, -0.05) is 13.8 Å². The highest BCUT2D eigenvalue weighted by molar-refractivity contribution is 7.10. The van der Waals surface area contributed by atoms with Gasteiger partial charge < -0.3 is 5.73 Å². The topological polar surface area (TPSA) is 26.0 Å². The molecule has 1 aromatic rings. The van der Waals surface area contributed by atoms with Crippen molar-refractivity contribution in [1.82, 2.24) is 0 Å². The fraction of sp³-hybridized carbons (Fsp3) is 0.429. The van der Waals surface area contributed by atoms with Gasteiger partial charge in [-0.3, -0.25) is 0 Å². The van der Waals surface area contributed by atoms with E-state index in [1.807, 2.05) is 32.2 Å². The molecule has 0 amide bonds. The van der Waals surface area contributed by atoms with E-state index in [1.54, 1.807) is 11.3 Å². The molecular weight excluding hydrogens is 130 g/mol. The predicted octanol–water partition coefficient (Wildman–Crippen LogP) is 2.66. The molecule has 0 aliphatic heterocycles. The molecule has 0 bridgehead atoms. The van der Waals surface area contributed by atoms with Crippen molar-refractivity contribution >= 4 is 17.0 Å². The largest absolute Gasteiger partial charge is 0.398 e. The molecule has 0 atom stereocenters. The molecular formula is C7H13NS. The summed E-state index contributed by atoms with van der Waals surface area (Å²) >= 11 is 1.68. The van der Waals surface area contributed by atoms with E-state index in [9.17, 15) is 0 Å². The van der Waals surface area contributed by atoms with Crippen LogP contribution in [0.5, 0.6) is 0 Å². The Labute approximate surface area is 60.5 Å². The van der Waals surface area contributed by atoms with E-state index in [1.165, 1.54) is 4.88 Å². The highest BCUT2D eigenvalue weighted by Gasteiger charge is 1.84. The van der Waals surface area contributed by atoms with Crippen LogP contribution in [0.4, 0.5) is 5.69 Å². The van der Waals surface area contributed by atoms with Crippen LogP contribution in [0.2, 0.25) is 0 Å². The quantitative estimate of drug-likeness (QED) is 0.593. The van der Waals surface area contributed by atoms with Crippen LogP contribution in [0.1, 0.15) is 18.7 Å². The molecule has 1 rings (SSSR count). The van der Waals surface area contributed by atoms with Crippen molar-refractivity contribution in [1.29, 1.82) is 0 Å². The van der Waals surface area contributed by atoms with Gasteiger partial charge in [0.1, 0.15) is 0 Å². The van der Waals surface area contributed by atoms with Crippen molar-refractivity contribution in [3.05, 3.63) is 16.3 Å². The highest BCUT2D eigenvalue weighted by atomic mass is 32.1. The SMILES string of the molecule is CC.Cc1cc(N)cs1. The third-order valence-corrected chi connectivity index (χ3v) is 1.63. The summed E-state index contributed by atoms with van der Waals surface area (Å²) in [5.74, 6) is 0. The van der Waals surface area contributed by atoms with Gasteiger partial charge in [-0.05, 0) is 13.0 Å². The van der Waals surface area contributed by atoms with Gasteiger partial charge >= 0.3 is 0 Å². The number of anilines is 1. The lowest BCUT2D eigenvalue weighted by molar-refractivity contribution is 1.50. The zero-order chi connectivity index (χ0) is 7.28. The van der Waals surface area contributed by atoms with Crippen LogP contribution in [-0.4, -0.2) is 0 Å². The second-order valence-electron chi connectivity index (χ2n) is 1.49. The van der Waals surface area contributed by atoms with Gasteiger partial charge in [-0.25, -0.2) is 0 Å². The summed E-state index contributed by atoms with van der Waals surface area (Å²) in [6, 6.07) is 1.96. The molecule has 0 saturated heterocycles. The summed E-state index contributed by atoms with van der Waals surface area (Å²) in [5.41, 5.74) is 6.27. The summed E-state index contributed by atoms with van der Waals surface area (Å²) < 4.78 is 0. The molecule has 52 valence electrons. The second kappa shape index (κ2) is 4.39. The first-order chi connectivity index (χ1) is 4.29.